The summed E-state index contributed by atoms with van der Waals surface area (Å²) >= 11 is 0. The number of hydrogen-bond donors (Lipinski definition) is 0. The third-order valence-electron chi connectivity index (χ3n) is 11.2. The second-order valence-electron chi connectivity index (χ2n) is 14.3. The second-order valence-corrected chi connectivity index (χ2v) is 14.3. The molecule has 5 heteroatoms. The molecule has 0 saturated carbocycles. The van der Waals surface area contributed by atoms with Gasteiger partial charge in [-0.15, -0.1) is 0 Å². The van der Waals surface area contributed by atoms with Crippen LogP contribution in [-0.4, -0.2) is 25.6 Å². The summed E-state index contributed by atoms with van der Waals surface area (Å²) in [5, 5.41) is 2.55. The van der Waals surface area contributed by atoms with E-state index in [1.165, 1.54) is 38.8 Å². The van der Waals surface area contributed by atoms with Crippen molar-refractivity contribution in [3.8, 4) is 0 Å². The molecule has 5 aromatic rings. The van der Waals surface area contributed by atoms with Crippen molar-refractivity contribution in [3.05, 3.63) is 181 Å². The van der Waals surface area contributed by atoms with Crippen LogP contribution in [0.2, 0.25) is 0 Å². The van der Waals surface area contributed by atoms with Gasteiger partial charge in [0.2, 0.25) is 0 Å². The summed E-state index contributed by atoms with van der Waals surface area (Å²) < 4.78 is 2.54. The third kappa shape index (κ3) is 5.02. The Morgan fingerprint density at radius 3 is 2.18 bits per heavy atom. The molecule has 0 fully saturated rings. The predicted octanol–water partition coefficient (Wildman–Crippen LogP) is 10.6. The summed E-state index contributed by atoms with van der Waals surface area (Å²) in [6.45, 7) is 2.25. The lowest BCUT2D eigenvalue weighted by molar-refractivity contribution is 0.593. The van der Waals surface area contributed by atoms with Gasteiger partial charge in [-0.25, -0.2) is 15.0 Å². The summed E-state index contributed by atoms with van der Waals surface area (Å²) in [6, 6.07) is 26.8. The van der Waals surface area contributed by atoms with E-state index < -0.39 is 0 Å². The highest BCUT2D eigenvalue weighted by Gasteiger charge is 2.39. The highest BCUT2D eigenvalue weighted by Crippen LogP contribution is 2.48. The van der Waals surface area contributed by atoms with E-state index in [1.807, 2.05) is 0 Å². The van der Waals surface area contributed by atoms with Crippen LogP contribution in [0.3, 0.4) is 0 Å². The van der Waals surface area contributed by atoms with Crippen LogP contribution >= 0.6 is 0 Å². The molecule has 248 valence electrons. The summed E-state index contributed by atoms with van der Waals surface area (Å²) in [7, 11) is 0. The van der Waals surface area contributed by atoms with E-state index in [0.717, 1.165) is 47.9 Å². The highest BCUT2D eigenvalue weighted by atomic mass is 15.2. The van der Waals surface area contributed by atoms with E-state index in [2.05, 4.69) is 168 Å². The Morgan fingerprint density at radius 2 is 1.39 bits per heavy atom. The SMILES string of the molecule is CC1C=CC=CC1c1nc(C2=CCCC=C2)nc(C2=CC(N3c4ccccc4C4C=CC=CC43)=CC(n3c4ccccc4c4ccccc43)C2)n1. The number of hydrogen-bond acceptors (Lipinski definition) is 4. The first-order valence-corrected chi connectivity index (χ1v) is 18.3. The number of benzene rings is 3. The number of aromatic nitrogens is 4. The van der Waals surface area contributed by atoms with Crippen LogP contribution in [-0.2, 0) is 0 Å². The second kappa shape index (κ2) is 12.2. The maximum Gasteiger partial charge on any atom is 0.163 e. The fourth-order valence-corrected chi connectivity index (χ4v) is 8.77. The van der Waals surface area contributed by atoms with Gasteiger partial charge in [-0.05, 0) is 54.7 Å². The van der Waals surface area contributed by atoms with Gasteiger partial charge in [0.1, 0.15) is 5.82 Å². The van der Waals surface area contributed by atoms with Crippen LogP contribution in [0.25, 0.3) is 33.0 Å². The molecule has 5 atom stereocenters. The van der Waals surface area contributed by atoms with Gasteiger partial charge in [-0.2, -0.15) is 0 Å². The normalized spacial score (nSPS) is 24.8. The fraction of sp³-hybridized carbons (Fsp3) is 0.196. The Bertz CT molecular complexity index is 2410. The molecule has 3 aromatic carbocycles. The molecule has 3 heterocycles. The lowest BCUT2D eigenvalue weighted by Gasteiger charge is -2.34. The van der Waals surface area contributed by atoms with Crippen molar-refractivity contribution in [1.82, 2.24) is 19.5 Å². The van der Waals surface area contributed by atoms with Crippen molar-refractivity contribution in [2.75, 3.05) is 4.90 Å². The maximum atomic E-state index is 5.35. The smallest absolute Gasteiger partial charge is 0.163 e. The van der Waals surface area contributed by atoms with Gasteiger partial charge >= 0.3 is 0 Å². The standard InChI is InChI=1S/C46H39N5/c1-30-15-5-6-18-35(30)46-48-44(31-16-3-2-4-17-31)47-45(49-46)32-27-33(50-40-23-11-7-19-36(40)37-20-8-12-24-41(37)50)29-34(28-32)51-42-25-13-9-21-38(42)39-22-10-14-26-43(39)51/h3,5-27,29-30,34-36,40H,2,4,28H2,1H3. The molecule has 5 aliphatic rings. The molecule has 0 radical (unpaired) electrons. The van der Waals surface area contributed by atoms with Crippen molar-refractivity contribution >= 4 is 38.6 Å². The Hall–Kier alpha value is -5.81. The van der Waals surface area contributed by atoms with Crippen LogP contribution in [0.5, 0.6) is 0 Å². The number of fused-ring (bicyclic) bond motifs is 6. The topological polar surface area (TPSA) is 46.8 Å². The predicted molar refractivity (Wildman–Crippen MR) is 209 cm³/mol. The lowest BCUT2D eigenvalue weighted by Crippen LogP contribution is -2.33. The van der Waals surface area contributed by atoms with Crippen LogP contribution in [0.15, 0.2) is 157 Å². The van der Waals surface area contributed by atoms with Crippen LogP contribution in [0.1, 0.15) is 67.1 Å². The number of nitrogens with zero attached hydrogens (tertiary/aromatic N) is 5. The molecule has 5 nitrogen and oxygen atoms in total. The van der Waals surface area contributed by atoms with Gasteiger partial charge < -0.3 is 9.47 Å². The van der Waals surface area contributed by atoms with Crippen LogP contribution in [0, 0.1) is 5.92 Å². The monoisotopic (exact) mass is 661 g/mol. The zero-order chi connectivity index (χ0) is 33.9. The Morgan fingerprint density at radius 1 is 0.686 bits per heavy atom. The minimum Gasteiger partial charge on any atom is -0.334 e. The van der Waals surface area contributed by atoms with Crippen molar-refractivity contribution in [2.45, 2.75) is 50.1 Å². The zero-order valence-electron chi connectivity index (χ0n) is 28.7. The van der Waals surface area contributed by atoms with Gasteiger partial charge in [0, 0.05) is 62.6 Å². The van der Waals surface area contributed by atoms with Gasteiger partial charge in [0.25, 0.3) is 0 Å². The quantitative estimate of drug-likeness (QED) is 0.188. The molecule has 0 saturated heterocycles. The molecule has 0 N–H and O–H groups in total. The number of para-hydroxylation sites is 3. The van der Waals surface area contributed by atoms with Crippen LogP contribution in [0.4, 0.5) is 5.69 Å². The van der Waals surface area contributed by atoms with E-state index in [9.17, 15) is 0 Å². The third-order valence-corrected chi connectivity index (χ3v) is 11.2. The van der Waals surface area contributed by atoms with Crippen LogP contribution < -0.4 is 4.90 Å². The molecule has 0 bridgehead atoms. The minimum atomic E-state index is 0.0352. The first-order chi connectivity index (χ1) is 25.2. The Balaban J connectivity index is 1.19. The van der Waals surface area contributed by atoms with E-state index in [0.29, 0.717) is 11.8 Å². The lowest BCUT2D eigenvalue weighted by atomic mass is 9.89. The van der Waals surface area contributed by atoms with Gasteiger partial charge in [0.05, 0.1) is 12.1 Å². The van der Waals surface area contributed by atoms with E-state index >= 15 is 0 Å². The molecular weight excluding hydrogens is 623 g/mol. The van der Waals surface area contributed by atoms with Gasteiger partial charge in [0.15, 0.2) is 11.6 Å². The van der Waals surface area contributed by atoms with E-state index in [-0.39, 0.29) is 18.0 Å². The van der Waals surface area contributed by atoms with Crippen molar-refractivity contribution in [3.63, 3.8) is 0 Å². The molecule has 10 rings (SSSR count). The average molecular weight is 662 g/mol. The minimum absolute atomic E-state index is 0.0352. The van der Waals surface area contributed by atoms with E-state index in [1.54, 1.807) is 0 Å². The first-order valence-electron chi connectivity index (χ1n) is 18.3. The van der Waals surface area contributed by atoms with Crippen molar-refractivity contribution in [1.29, 1.82) is 0 Å². The molecule has 0 amide bonds. The highest BCUT2D eigenvalue weighted by molar-refractivity contribution is 6.08. The average Bonchev–Trinajstić information content (AvgIpc) is 3.71. The summed E-state index contributed by atoms with van der Waals surface area (Å²) in [6.07, 6.45) is 32.2. The molecule has 51 heavy (non-hydrogen) atoms. The number of allylic oxidation sites excluding steroid dienone is 13. The fourth-order valence-electron chi connectivity index (χ4n) is 8.77. The van der Waals surface area contributed by atoms with Gasteiger partial charge in [-0.1, -0.05) is 128 Å². The summed E-state index contributed by atoms with van der Waals surface area (Å²) in [5.74, 6) is 3.04. The van der Waals surface area contributed by atoms with Crippen molar-refractivity contribution < 1.29 is 0 Å². The van der Waals surface area contributed by atoms with Gasteiger partial charge in [-0.3, -0.25) is 0 Å². The first kappa shape index (κ1) is 30.1. The molecule has 0 spiro atoms. The largest absolute Gasteiger partial charge is 0.334 e. The number of rotatable bonds is 5. The molecular formula is C46H39N5. The van der Waals surface area contributed by atoms with Crippen molar-refractivity contribution in [2.24, 2.45) is 5.92 Å². The summed E-state index contributed by atoms with van der Waals surface area (Å²) in [5.41, 5.74) is 8.49. The molecule has 4 aliphatic carbocycles. The molecule has 5 unspecified atom stereocenters. The Kier molecular flexibility index (Phi) is 7.19. The summed E-state index contributed by atoms with van der Waals surface area (Å²) in [4.78, 5) is 18.3. The Labute approximate surface area is 298 Å². The maximum absolute atomic E-state index is 5.35. The number of anilines is 1. The molecule has 1 aliphatic heterocycles. The van der Waals surface area contributed by atoms with E-state index in [4.69, 9.17) is 15.0 Å². The zero-order valence-corrected chi connectivity index (χ0v) is 28.7. The molecule has 2 aromatic heterocycles.